The van der Waals surface area contributed by atoms with Crippen LogP contribution in [0.4, 0.5) is 17.1 Å². The highest BCUT2D eigenvalue weighted by Crippen LogP contribution is 2.29. The fraction of sp³-hybridized carbons (Fsp3) is 0.417. The topological polar surface area (TPSA) is 53.6 Å². The molecule has 0 unspecified atom stereocenters. The Hall–Kier alpha value is -1.75. The molecule has 0 saturated carbocycles. The van der Waals surface area contributed by atoms with Gasteiger partial charge in [-0.1, -0.05) is 0 Å². The second kappa shape index (κ2) is 4.25. The highest BCUT2D eigenvalue weighted by atomic mass is 16.5. The minimum absolute atomic E-state index is 0.0108. The van der Waals surface area contributed by atoms with E-state index in [1.807, 2.05) is 12.1 Å². The second-order valence-electron chi connectivity index (χ2n) is 4.23. The number of nitrogens with one attached hydrogen (secondary N) is 2. The minimum Gasteiger partial charge on any atom is -0.378 e. The summed E-state index contributed by atoms with van der Waals surface area (Å²) in [7, 11) is 0. The number of hydrogen-bond acceptors (Lipinski definition) is 4. The molecule has 2 aliphatic heterocycles. The standard InChI is InChI=1S/C12H15N3O2/c16-12-8-13-11-7-9(1-2-10(11)14-12)15-3-5-17-6-4-15/h1-2,7,13H,3-6,8H2,(H,14,16). The number of carbonyl (C=O) groups is 1. The molecule has 0 radical (unpaired) electrons. The van der Waals surface area contributed by atoms with E-state index in [1.165, 1.54) is 5.69 Å². The van der Waals surface area contributed by atoms with Crippen LogP contribution < -0.4 is 15.5 Å². The van der Waals surface area contributed by atoms with Crippen LogP contribution in [0.1, 0.15) is 0 Å². The molecule has 0 aliphatic carbocycles. The number of nitrogens with zero attached hydrogens (tertiary/aromatic N) is 1. The monoisotopic (exact) mass is 233 g/mol. The lowest BCUT2D eigenvalue weighted by Gasteiger charge is -2.30. The molecule has 2 aliphatic rings. The first-order valence-electron chi connectivity index (χ1n) is 5.83. The molecule has 1 aromatic rings. The van der Waals surface area contributed by atoms with Gasteiger partial charge in [0.15, 0.2) is 0 Å². The molecule has 17 heavy (non-hydrogen) atoms. The highest BCUT2D eigenvalue weighted by molar-refractivity contribution is 6.01. The Bertz CT molecular complexity index is 441. The number of rotatable bonds is 1. The van der Waals surface area contributed by atoms with Crippen LogP contribution in [0.2, 0.25) is 0 Å². The molecule has 1 fully saturated rings. The van der Waals surface area contributed by atoms with Gasteiger partial charge in [0.2, 0.25) is 5.91 Å². The van der Waals surface area contributed by atoms with Crippen LogP contribution in [0.25, 0.3) is 0 Å². The van der Waals surface area contributed by atoms with Crippen molar-refractivity contribution in [1.29, 1.82) is 0 Å². The number of benzene rings is 1. The molecule has 5 heteroatoms. The van der Waals surface area contributed by atoms with Gasteiger partial charge in [0, 0.05) is 18.8 Å². The molecule has 2 heterocycles. The van der Waals surface area contributed by atoms with Crippen molar-refractivity contribution in [2.75, 3.05) is 48.4 Å². The highest BCUT2D eigenvalue weighted by Gasteiger charge is 2.17. The smallest absolute Gasteiger partial charge is 0.243 e. The van der Waals surface area contributed by atoms with Crippen molar-refractivity contribution in [2.24, 2.45) is 0 Å². The Labute approximate surface area is 99.7 Å². The predicted molar refractivity (Wildman–Crippen MR) is 66.6 cm³/mol. The quantitative estimate of drug-likeness (QED) is 0.756. The van der Waals surface area contributed by atoms with Crippen molar-refractivity contribution in [3.05, 3.63) is 18.2 Å². The Kier molecular flexibility index (Phi) is 2.60. The third kappa shape index (κ3) is 2.06. The number of hydrogen-bond donors (Lipinski definition) is 2. The number of ether oxygens (including phenoxy) is 1. The lowest BCUT2D eigenvalue weighted by atomic mass is 10.2. The Balaban J connectivity index is 1.85. The Morgan fingerprint density at radius 2 is 2.00 bits per heavy atom. The number of morpholine rings is 1. The van der Waals surface area contributed by atoms with Crippen molar-refractivity contribution in [1.82, 2.24) is 0 Å². The largest absolute Gasteiger partial charge is 0.378 e. The van der Waals surface area contributed by atoms with Gasteiger partial charge in [-0.25, -0.2) is 0 Å². The maximum atomic E-state index is 11.2. The summed E-state index contributed by atoms with van der Waals surface area (Å²) in [6.07, 6.45) is 0. The first kappa shape index (κ1) is 10.4. The van der Waals surface area contributed by atoms with E-state index in [9.17, 15) is 4.79 Å². The number of fused-ring (bicyclic) bond motifs is 1. The summed E-state index contributed by atoms with van der Waals surface area (Å²) in [5, 5.41) is 5.97. The third-order valence-electron chi connectivity index (χ3n) is 3.09. The third-order valence-corrected chi connectivity index (χ3v) is 3.09. The average Bonchev–Trinajstić information content (AvgIpc) is 2.39. The lowest BCUT2D eigenvalue weighted by Crippen LogP contribution is -2.36. The normalized spacial score (nSPS) is 19.3. The summed E-state index contributed by atoms with van der Waals surface area (Å²) in [5.41, 5.74) is 3.03. The lowest BCUT2D eigenvalue weighted by molar-refractivity contribution is -0.114. The first-order chi connectivity index (χ1) is 8.33. The zero-order chi connectivity index (χ0) is 11.7. The summed E-state index contributed by atoms with van der Waals surface area (Å²) in [5.74, 6) is 0.0108. The first-order valence-corrected chi connectivity index (χ1v) is 5.83. The number of amides is 1. The molecule has 0 spiro atoms. The van der Waals surface area contributed by atoms with Crippen LogP contribution in [-0.4, -0.2) is 38.8 Å². The molecule has 5 nitrogen and oxygen atoms in total. The van der Waals surface area contributed by atoms with Gasteiger partial charge in [-0.05, 0) is 18.2 Å². The van der Waals surface area contributed by atoms with Gasteiger partial charge in [0.05, 0.1) is 31.1 Å². The summed E-state index contributed by atoms with van der Waals surface area (Å²) in [6.45, 7) is 3.75. The maximum Gasteiger partial charge on any atom is 0.243 e. The molecule has 1 amide bonds. The molecule has 1 saturated heterocycles. The molecule has 0 atom stereocenters. The molecular weight excluding hydrogens is 218 g/mol. The van der Waals surface area contributed by atoms with E-state index in [2.05, 4.69) is 21.6 Å². The van der Waals surface area contributed by atoms with E-state index in [-0.39, 0.29) is 5.91 Å². The molecule has 3 rings (SSSR count). The van der Waals surface area contributed by atoms with E-state index in [4.69, 9.17) is 4.74 Å². The predicted octanol–water partition coefficient (Wildman–Crippen LogP) is 0.887. The molecular formula is C12H15N3O2. The maximum absolute atomic E-state index is 11.2. The summed E-state index contributed by atoms with van der Waals surface area (Å²) in [4.78, 5) is 13.5. The van der Waals surface area contributed by atoms with Crippen LogP contribution in [0.5, 0.6) is 0 Å². The van der Waals surface area contributed by atoms with Gasteiger partial charge >= 0.3 is 0 Å². The van der Waals surface area contributed by atoms with Gasteiger partial charge in [-0.2, -0.15) is 0 Å². The SMILES string of the molecule is O=C1CNc2cc(N3CCOCC3)ccc2N1. The van der Waals surface area contributed by atoms with Crippen molar-refractivity contribution < 1.29 is 9.53 Å². The van der Waals surface area contributed by atoms with Crippen LogP contribution in [-0.2, 0) is 9.53 Å². The molecule has 1 aromatic carbocycles. The molecule has 0 aromatic heterocycles. The van der Waals surface area contributed by atoms with E-state index < -0.39 is 0 Å². The Morgan fingerprint density at radius 1 is 1.18 bits per heavy atom. The van der Waals surface area contributed by atoms with E-state index in [0.29, 0.717) is 6.54 Å². The zero-order valence-electron chi connectivity index (χ0n) is 9.53. The van der Waals surface area contributed by atoms with E-state index >= 15 is 0 Å². The van der Waals surface area contributed by atoms with Gasteiger partial charge in [0.1, 0.15) is 0 Å². The van der Waals surface area contributed by atoms with Crippen molar-refractivity contribution >= 4 is 23.0 Å². The zero-order valence-corrected chi connectivity index (χ0v) is 9.53. The van der Waals surface area contributed by atoms with Crippen LogP contribution in [0.3, 0.4) is 0 Å². The van der Waals surface area contributed by atoms with E-state index in [1.54, 1.807) is 0 Å². The van der Waals surface area contributed by atoms with Crippen molar-refractivity contribution in [2.45, 2.75) is 0 Å². The van der Waals surface area contributed by atoms with Crippen molar-refractivity contribution in [3.8, 4) is 0 Å². The fourth-order valence-electron chi connectivity index (χ4n) is 2.18. The van der Waals surface area contributed by atoms with Gasteiger partial charge in [-0.15, -0.1) is 0 Å². The molecule has 90 valence electrons. The number of anilines is 3. The summed E-state index contributed by atoms with van der Waals surface area (Å²) < 4.78 is 5.33. The van der Waals surface area contributed by atoms with Gasteiger partial charge < -0.3 is 20.3 Å². The van der Waals surface area contributed by atoms with Crippen LogP contribution >= 0.6 is 0 Å². The van der Waals surface area contributed by atoms with Crippen LogP contribution in [0, 0.1) is 0 Å². The molecule has 0 bridgehead atoms. The second-order valence-corrected chi connectivity index (χ2v) is 4.23. The number of carbonyl (C=O) groups excluding carboxylic acids is 1. The molecule has 2 N–H and O–H groups in total. The Morgan fingerprint density at radius 3 is 2.82 bits per heavy atom. The average molecular weight is 233 g/mol. The van der Waals surface area contributed by atoms with Crippen molar-refractivity contribution in [3.63, 3.8) is 0 Å². The van der Waals surface area contributed by atoms with Gasteiger partial charge in [0.25, 0.3) is 0 Å². The van der Waals surface area contributed by atoms with Gasteiger partial charge in [-0.3, -0.25) is 4.79 Å². The van der Waals surface area contributed by atoms with E-state index in [0.717, 1.165) is 37.7 Å². The summed E-state index contributed by atoms with van der Waals surface area (Å²) in [6, 6.07) is 6.07. The summed E-state index contributed by atoms with van der Waals surface area (Å²) >= 11 is 0. The fourth-order valence-corrected chi connectivity index (χ4v) is 2.18. The van der Waals surface area contributed by atoms with Crippen LogP contribution in [0.15, 0.2) is 18.2 Å². The minimum atomic E-state index is 0.0108.